The molecule has 2 unspecified atom stereocenters. The molecule has 1 amide bonds. The van der Waals surface area contributed by atoms with Crippen LogP contribution in [0.3, 0.4) is 0 Å². The van der Waals surface area contributed by atoms with Crippen LogP contribution in [0.2, 0.25) is 0 Å². The third kappa shape index (κ3) is 4.61. The van der Waals surface area contributed by atoms with Gasteiger partial charge in [0.2, 0.25) is 5.91 Å². The molecule has 0 bridgehead atoms. The molecule has 2 rings (SSSR count). The van der Waals surface area contributed by atoms with Gasteiger partial charge in [0.1, 0.15) is 0 Å². The summed E-state index contributed by atoms with van der Waals surface area (Å²) in [6.45, 7) is 4.35. The van der Waals surface area contributed by atoms with Crippen LogP contribution in [0.5, 0.6) is 11.5 Å². The molecule has 0 radical (unpaired) electrons. The van der Waals surface area contributed by atoms with Crippen molar-refractivity contribution < 1.29 is 14.3 Å². The van der Waals surface area contributed by atoms with Gasteiger partial charge < -0.3 is 20.1 Å². The normalized spacial score (nSPS) is 19.6. The van der Waals surface area contributed by atoms with Crippen LogP contribution < -0.4 is 20.1 Å². The molecule has 1 aliphatic heterocycles. The smallest absolute Gasteiger partial charge is 0.237 e. The van der Waals surface area contributed by atoms with E-state index in [4.69, 9.17) is 9.47 Å². The molecule has 1 heterocycles. The molecule has 1 fully saturated rings. The van der Waals surface area contributed by atoms with Gasteiger partial charge >= 0.3 is 0 Å². The van der Waals surface area contributed by atoms with E-state index in [9.17, 15) is 4.79 Å². The minimum Gasteiger partial charge on any atom is -0.493 e. The van der Waals surface area contributed by atoms with E-state index < -0.39 is 0 Å². The molecule has 0 aliphatic carbocycles. The Morgan fingerprint density at radius 1 is 1.33 bits per heavy atom. The molecule has 24 heavy (non-hydrogen) atoms. The number of hydrogen-bond donors (Lipinski definition) is 2. The van der Waals surface area contributed by atoms with Gasteiger partial charge in [-0.3, -0.25) is 9.69 Å². The Kier molecular flexibility index (Phi) is 6.87. The number of carbonyl (C=O) groups is 1. The van der Waals surface area contributed by atoms with Gasteiger partial charge in [-0.15, -0.1) is 0 Å². The number of likely N-dealkylation sites (tertiary alicyclic amines) is 1. The predicted molar refractivity (Wildman–Crippen MR) is 94.5 cm³/mol. The first-order valence-electron chi connectivity index (χ1n) is 8.49. The van der Waals surface area contributed by atoms with Crippen LogP contribution in [-0.4, -0.2) is 57.2 Å². The maximum absolute atomic E-state index is 12.5. The molecular weight excluding hydrogens is 306 g/mol. The number of rotatable bonds is 7. The summed E-state index contributed by atoms with van der Waals surface area (Å²) in [6.07, 6.45) is 2.30. The first-order valence-corrected chi connectivity index (χ1v) is 8.49. The maximum atomic E-state index is 12.5. The van der Waals surface area contributed by atoms with Gasteiger partial charge in [-0.1, -0.05) is 6.07 Å². The third-order valence-corrected chi connectivity index (χ3v) is 4.70. The number of piperidine rings is 1. The molecule has 1 aliphatic rings. The molecule has 1 aromatic carbocycles. The number of methoxy groups -OCH3 is 2. The summed E-state index contributed by atoms with van der Waals surface area (Å²) >= 11 is 0. The van der Waals surface area contributed by atoms with E-state index in [-0.39, 0.29) is 11.9 Å². The third-order valence-electron chi connectivity index (χ3n) is 4.70. The second-order valence-corrected chi connectivity index (χ2v) is 6.21. The van der Waals surface area contributed by atoms with E-state index in [0.717, 1.165) is 25.1 Å². The van der Waals surface area contributed by atoms with Gasteiger partial charge in [0.15, 0.2) is 11.5 Å². The number of hydrogen-bond acceptors (Lipinski definition) is 5. The highest BCUT2D eigenvalue weighted by atomic mass is 16.5. The Labute approximate surface area is 144 Å². The van der Waals surface area contributed by atoms with Crippen LogP contribution in [0.4, 0.5) is 0 Å². The van der Waals surface area contributed by atoms with Gasteiger partial charge in [-0.2, -0.15) is 0 Å². The fourth-order valence-corrected chi connectivity index (χ4v) is 3.09. The molecule has 134 valence electrons. The lowest BCUT2D eigenvalue weighted by molar-refractivity contribution is -0.126. The van der Waals surface area contributed by atoms with E-state index >= 15 is 0 Å². The van der Waals surface area contributed by atoms with Gasteiger partial charge in [-0.25, -0.2) is 0 Å². The highest BCUT2D eigenvalue weighted by Crippen LogP contribution is 2.27. The summed E-state index contributed by atoms with van der Waals surface area (Å²) in [5, 5.41) is 6.33. The Morgan fingerprint density at radius 2 is 2.08 bits per heavy atom. The zero-order valence-corrected chi connectivity index (χ0v) is 15.1. The van der Waals surface area contributed by atoms with Gasteiger partial charge in [0, 0.05) is 19.1 Å². The van der Waals surface area contributed by atoms with E-state index in [0.29, 0.717) is 24.1 Å². The Hall–Kier alpha value is -1.79. The van der Waals surface area contributed by atoms with Crippen molar-refractivity contribution >= 4 is 5.91 Å². The van der Waals surface area contributed by atoms with Crippen molar-refractivity contribution in [2.24, 2.45) is 0 Å². The highest BCUT2D eigenvalue weighted by molar-refractivity contribution is 5.81. The largest absolute Gasteiger partial charge is 0.493 e. The summed E-state index contributed by atoms with van der Waals surface area (Å²) in [5.41, 5.74) is 0.986. The van der Waals surface area contributed by atoms with E-state index in [1.54, 1.807) is 14.2 Å². The lowest BCUT2D eigenvalue weighted by Gasteiger charge is -2.35. The molecule has 6 heteroatoms. The minimum atomic E-state index is -0.124. The highest BCUT2D eigenvalue weighted by Gasteiger charge is 2.26. The van der Waals surface area contributed by atoms with E-state index in [1.807, 2.05) is 32.2 Å². The topological polar surface area (TPSA) is 62.8 Å². The first-order chi connectivity index (χ1) is 11.6. The van der Waals surface area contributed by atoms with Gasteiger partial charge in [0.05, 0.1) is 20.3 Å². The van der Waals surface area contributed by atoms with Crippen molar-refractivity contribution in [2.45, 2.75) is 38.4 Å². The Balaban J connectivity index is 1.90. The summed E-state index contributed by atoms with van der Waals surface area (Å²) in [6, 6.07) is 6.03. The number of amides is 1. The molecule has 0 spiro atoms. The van der Waals surface area contributed by atoms with Crippen molar-refractivity contribution in [2.75, 3.05) is 34.4 Å². The average Bonchev–Trinajstić information content (AvgIpc) is 2.65. The molecule has 6 nitrogen and oxygen atoms in total. The molecule has 2 atom stereocenters. The van der Waals surface area contributed by atoms with Crippen LogP contribution >= 0.6 is 0 Å². The van der Waals surface area contributed by atoms with Gasteiger partial charge in [0.25, 0.3) is 0 Å². The number of likely N-dealkylation sites (N-methyl/N-ethyl adjacent to an activating group) is 1. The summed E-state index contributed by atoms with van der Waals surface area (Å²) < 4.78 is 10.5. The SMILES string of the molecule is CNC1CCCN(C(C)C(=O)NCc2ccc(OC)c(OC)c2)C1. The van der Waals surface area contributed by atoms with Crippen molar-refractivity contribution in [1.29, 1.82) is 0 Å². The van der Waals surface area contributed by atoms with Crippen molar-refractivity contribution in [1.82, 2.24) is 15.5 Å². The van der Waals surface area contributed by atoms with Crippen LogP contribution in [0.15, 0.2) is 18.2 Å². The van der Waals surface area contributed by atoms with E-state index in [1.165, 1.54) is 6.42 Å². The summed E-state index contributed by atoms with van der Waals surface area (Å²) in [7, 11) is 5.20. The Bertz CT molecular complexity index is 550. The molecule has 1 aromatic rings. The summed E-state index contributed by atoms with van der Waals surface area (Å²) in [5.74, 6) is 1.42. The quantitative estimate of drug-likeness (QED) is 0.788. The first kappa shape index (κ1) is 18.5. The van der Waals surface area contributed by atoms with Crippen LogP contribution in [0.1, 0.15) is 25.3 Å². The van der Waals surface area contributed by atoms with E-state index in [2.05, 4.69) is 15.5 Å². The molecule has 2 N–H and O–H groups in total. The second kappa shape index (κ2) is 8.89. The zero-order valence-electron chi connectivity index (χ0n) is 15.1. The van der Waals surface area contributed by atoms with Crippen LogP contribution in [0, 0.1) is 0 Å². The van der Waals surface area contributed by atoms with Crippen LogP contribution in [0.25, 0.3) is 0 Å². The summed E-state index contributed by atoms with van der Waals surface area (Å²) in [4.78, 5) is 14.7. The predicted octanol–water partition coefficient (Wildman–Crippen LogP) is 1.39. The van der Waals surface area contributed by atoms with Crippen LogP contribution in [-0.2, 0) is 11.3 Å². The van der Waals surface area contributed by atoms with Gasteiger partial charge in [-0.05, 0) is 51.1 Å². The Morgan fingerprint density at radius 3 is 2.75 bits per heavy atom. The lowest BCUT2D eigenvalue weighted by Crippen LogP contribution is -2.52. The monoisotopic (exact) mass is 335 g/mol. The number of benzene rings is 1. The lowest BCUT2D eigenvalue weighted by atomic mass is 10.0. The second-order valence-electron chi connectivity index (χ2n) is 6.21. The molecule has 0 aromatic heterocycles. The zero-order chi connectivity index (χ0) is 17.5. The van der Waals surface area contributed by atoms with Crippen molar-refractivity contribution in [3.05, 3.63) is 23.8 Å². The molecule has 0 saturated carbocycles. The standard InChI is InChI=1S/C18H29N3O3/c1-13(21-9-5-6-15(12-21)19-2)18(22)20-11-14-7-8-16(23-3)17(10-14)24-4/h7-8,10,13,15,19H,5-6,9,11-12H2,1-4H3,(H,20,22). The van der Waals surface area contributed by atoms with Crippen molar-refractivity contribution in [3.63, 3.8) is 0 Å². The molecule has 1 saturated heterocycles. The molecular formula is C18H29N3O3. The average molecular weight is 335 g/mol. The maximum Gasteiger partial charge on any atom is 0.237 e. The number of carbonyl (C=O) groups excluding carboxylic acids is 1. The number of nitrogens with one attached hydrogen (secondary N) is 2. The van der Waals surface area contributed by atoms with Crippen molar-refractivity contribution in [3.8, 4) is 11.5 Å². The fourth-order valence-electron chi connectivity index (χ4n) is 3.09. The fraction of sp³-hybridized carbons (Fsp3) is 0.611. The number of nitrogens with zero attached hydrogens (tertiary/aromatic N) is 1. The minimum absolute atomic E-state index is 0.0570. The number of ether oxygens (including phenoxy) is 2.